The second-order valence-electron chi connectivity index (χ2n) is 2.93. The van der Waals surface area contributed by atoms with Crippen LogP contribution >= 0.6 is 11.8 Å². The van der Waals surface area contributed by atoms with Crippen molar-refractivity contribution in [3.63, 3.8) is 0 Å². The molecule has 1 nitrogen and oxygen atoms in total. The summed E-state index contributed by atoms with van der Waals surface area (Å²) in [4.78, 5) is 1.31. The Bertz CT molecular complexity index is 317. The van der Waals surface area contributed by atoms with E-state index in [1.807, 2.05) is 0 Å². The zero-order valence-corrected chi connectivity index (χ0v) is 7.82. The molecule has 0 saturated carbocycles. The van der Waals surface area contributed by atoms with Gasteiger partial charge in [0, 0.05) is 17.1 Å². The lowest BCUT2D eigenvalue weighted by molar-refractivity contribution is 1.20. The Labute approximate surface area is 76.9 Å². The van der Waals surface area contributed by atoms with Crippen LogP contribution in [0.1, 0.15) is 6.92 Å². The normalized spacial score (nSPS) is 15.6. The monoisotopic (exact) mass is 177 g/mol. The van der Waals surface area contributed by atoms with Crippen molar-refractivity contribution >= 4 is 17.4 Å². The molecule has 1 aromatic rings. The van der Waals surface area contributed by atoms with Gasteiger partial charge in [-0.05, 0) is 30.0 Å². The van der Waals surface area contributed by atoms with Crippen molar-refractivity contribution < 1.29 is 0 Å². The van der Waals surface area contributed by atoms with E-state index in [2.05, 4.69) is 41.9 Å². The van der Waals surface area contributed by atoms with Crippen molar-refractivity contribution in [1.82, 2.24) is 0 Å². The van der Waals surface area contributed by atoms with E-state index in [0.717, 1.165) is 6.54 Å². The van der Waals surface area contributed by atoms with Gasteiger partial charge in [0.1, 0.15) is 0 Å². The van der Waals surface area contributed by atoms with Crippen LogP contribution in [0.15, 0.2) is 40.1 Å². The summed E-state index contributed by atoms with van der Waals surface area (Å²) in [5.74, 6) is 0. The molecule has 1 N–H and O–H groups in total. The Morgan fingerprint density at radius 2 is 2.17 bits per heavy atom. The van der Waals surface area contributed by atoms with Gasteiger partial charge in [-0.1, -0.05) is 23.9 Å². The quantitative estimate of drug-likeness (QED) is 0.653. The van der Waals surface area contributed by atoms with Crippen LogP contribution < -0.4 is 5.32 Å². The van der Waals surface area contributed by atoms with E-state index in [9.17, 15) is 0 Å². The first-order valence-electron chi connectivity index (χ1n) is 4.01. The van der Waals surface area contributed by atoms with Crippen LogP contribution in [-0.4, -0.2) is 6.54 Å². The summed E-state index contributed by atoms with van der Waals surface area (Å²) >= 11 is 1.79. The summed E-state index contributed by atoms with van der Waals surface area (Å²) in [7, 11) is 0. The van der Waals surface area contributed by atoms with E-state index >= 15 is 0 Å². The van der Waals surface area contributed by atoms with E-state index < -0.39 is 0 Å². The Balaban J connectivity index is 2.35. The van der Waals surface area contributed by atoms with Gasteiger partial charge in [-0.25, -0.2) is 0 Å². The number of thioether (sulfide) groups is 1. The smallest absolute Gasteiger partial charge is 0.0484 e. The van der Waals surface area contributed by atoms with Gasteiger partial charge in [0.2, 0.25) is 0 Å². The van der Waals surface area contributed by atoms with E-state index in [-0.39, 0.29) is 0 Å². The zero-order chi connectivity index (χ0) is 8.39. The molecule has 12 heavy (non-hydrogen) atoms. The molecule has 1 aliphatic heterocycles. The SMILES string of the molecule is CC1=CSc2ccccc2NC1. The van der Waals surface area contributed by atoms with Gasteiger partial charge in [0.25, 0.3) is 0 Å². The Kier molecular flexibility index (Phi) is 2.09. The average Bonchev–Trinajstić information content (AvgIpc) is 2.29. The number of hydrogen-bond donors (Lipinski definition) is 1. The molecular formula is C10H11NS. The minimum atomic E-state index is 0.962. The maximum atomic E-state index is 3.39. The van der Waals surface area contributed by atoms with Gasteiger partial charge in [-0.2, -0.15) is 0 Å². The molecule has 2 rings (SSSR count). The Morgan fingerprint density at radius 3 is 3.08 bits per heavy atom. The minimum Gasteiger partial charge on any atom is -0.380 e. The maximum Gasteiger partial charge on any atom is 0.0484 e. The second kappa shape index (κ2) is 3.23. The third-order valence-corrected chi connectivity index (χ3v) is 2.96. The molecule has 0 amide bonds. The molecule has 0 fully saturated rings. The highest BCUT2D eigenvalue weighted by atomic mass is 32.2. The largest absolute Gasteiger partial charge is 0.380 e. The predicted molar refractivity (Wildman–Crippen MR) is 54.5 cm³/mol. The summed E-state index contributed by atoms with van der Waals surface area (Å²) in [6, 6.07) is 8.39. The topological polar surface area (TPSA) is 12.0 Å². The first kappa shape index (κ1) is 7.74. The predicted octanol–water partition coefficient (Wildman–Crippen LogP) is 3.11. The maximum absolute atomic E-state index is 3.39. The molecule has 62 valence electrons. The lowest BCUT2D eigenvalue weighted by Crippen LogP contribution is -2.00. The summed E-state index contributed by atoms with van der Waals surface area (Å²) in [5.41, 5.74) is 2.63. The fraction of sp³-hybridized carbons (Fsp3) is 0.200. The molecule has 1 aliphatic rings. The number of nitrogens with one attached hydrogen (secondary N) is 1. The Hall–Kier alpha value is -0.890. The summed E-state index contributed by atoms with van der Waals surface area (Å²) in [6.45, 7) is 3.11. The lowest BCUT2D eigenvalue weighted by Gasteiger charge is -2.05. The van der Waals surface area contributed by atoms with Gasteiger partial charge >= 0.3 is 0 Å². The van der Waals surface area contributed by atoms with Crippen LogP contribution in [-0.2, 0) is 0 Å². The molecule has 0 aromatic heterocycles. The number of rotatable bonds is 0. The molecule has 0 aliphatic carbocycles. The number of anilines is 1. The van der Waals surface area contributed by atoms with Crippen LogP contribution in [0.25, 0.3) is 0 Å². The van der Waals surface area contributed by atoms with Crippen molar-refractivity contribution in [2.75, 3.05) is 11.9 Å². The van der Waals surface area contributed by atoms with Crippen molar-refractivity contribution in [3.05, 3.63) is 35.2 Å². The number of para-hydroxylation sites is 1. The highest BCUT2D eigenvalue weighted by Crippen LogP contribution is 2.30. The minimum absolute atomic E-state index is 0.962. The van der Waals surface area contributed by atoms with Crippen molar-refractivity contribution in [1.29, 1.82) is 0 Å². The molecule has 0 unspecified atom stereocenters. The lowest BCUT2D eigenvalue weighted by atomic mass is 10.3. The Morgan fingerprint density at radius 1 is 1.33 bits per heavy atom. The van der Waals surface area contributed by atoms with Gasteiger partial charge in [0.05, 0.1) is 0 Å². The number of hydrogen-bond acceptors (Lipinski definition) is 2. The fourth-order valence-corrected chi connectivity index (χ4v) is 1.99. The molecule has 2 heteroatoms. The van der Waals surface area contributed by atoms with E-state index in [1.54, 1.807) is 11.8 Å². The van der Waals surface area contributed by atoms with Crippen molar-refractivity contribution in [2.45, 2.75) is 11.8 Å². The van der Waals surface area contributed by atoms with Crippen LogP contribution in [0.3, 0.4) is 0 Å². The summed E-state index contributed by atoms with van der Waals surface area (Å²) in [6.07, 6.45) is 0. The molecule has 0 radical (unpaired) electrons. The van der Waals surface area contributed by atoms with Gasteiger partial charge < -0.3 is 5.32 Å². The number of fused-ring (bicyclic) bond motifs is 1. The molecule has 0 bridgehead atoms. The summed E-state index contributed by atoms with van der Waals surface area (Å²) in [5, 5.41) is 5.59. The molecular weight excluding hydrogens is 166 g/mol. The first-order chi connectivity index (χ1) is 5.86. The zero-order valence-electron chi connectivity index (χ0n) is 7.00. The van der Waals surface area contributed by atoms with E-state index in [1.165, 1.54) is 16.2 Å². The van der Waals surface area contributed by atoms with Crippen LogP contribution in [0, 0.1) is 0 Å². The van der Waals surface area contributed by atoms with Crippen LogP contribution in [0.2, 0.25) is 0 Å². The molecule has 0 spiro atoms. The number of benzene rings is 1. The average molecular weight is 177 g/mol. The van der Waals surface area contributed by atoms with Gasteiger partial charge in [-0.15, -0.1) is 0 Å². The fourth-order valence-electron chi connectivity index (χ4n) is 1.16. The van der Waals surface area contributed by atoms with Crippen molar-refractivity contribution in [2.24, 2.45) is 0 Å². The van der Waals surface area contributed by atoms with Crippen molar-refractivity contribution in [3.8, 4) is 0 Å². The third-order valence-electron chi connectivity index (χ3n) is 1.83. The van der Waals surface area contributed by atoms with Crippen LogP contribution in [0.4, 0.5) is 5.69 Å². The second-order valence-corrected chi connectivity index (χ2v) is 3.84. The molecule has 1 aromatic carbocycles. The highest BCUT2D eigenvalue weighted by Gasteiger charge is 2.04. The molecule has 0 atom stereocenters. The summed E-state index contributed by atoms with van der Waals surface area (Å²) < 4.78 is 0. The van der Waals surface area contributed by atoms with Gasteiger partial charge in [-0.3, -0.25) is 0 Å². The van der Waals surface area contributed by atoms with Crippen LogP contribution in [0.5, 0.6) is 0 Å². The standard InChI is InChI=1S/C10H11NS/c1-8-6-11-9-4-2-3-5-10(9)12-7-8/h2-5,7,11H,6H2,1H3. The molecule has 1 heterocycles. The highest BCUT2D eigenvalue weighted by molar-refractivity contribution is 8.02. The first-order valence-corrected chi connectivity index (χ1v) is 4.89. The van der Waals surface area contributed by atoms with E-state index in [0.29, 0.717) is 0 Å². The van der Waals surface area contributed by atoms with Gasteiger partial charge in [0.15, 0.2) is 0 Å². The third kappa shape index (κ3) is 1.48. The van der Waals surface area contributed by atoms with E-state index in [4.69, 9.17) is 0 Å². The molecule has 0 saturated heterocycles.